The van der Waals surface area contributed by atoms with Crippen molar-refractivity contribution >= 4 is 0 Å². The van der Waals surface area contributed by atoms with Crippen LogP contribution < -0.4 is 5.43 Å². The Kier molecular flexibility index (Phi) is 1.79. The lowest BCUT2D eigenvalue weighted by Crippen LogP contribution is -2.33. The fraction of sp³-hybridized carbons (Fsp3) is 0.400. The van der Waals surface area contributed by atoms with Gasteiger partial charge in [-0.05, 0) is 0 Å². The number of nitrogens with zero attached hydrogens (tertiary/aromatic N) is 1. The first kappa shape index (κ1) is 8.23. The number of benzene rings is 1. The normalized spacial score (nSPS) is 27.3. The molecule has 3 nitrogen and oxygen atoms in total. The third-order valence-electron chi connectivity index (χ3n) is 2.71. The summed E-state index contributed by atoms with van der Waals surface area (Å²) in [7, 11) is 0. The molecule has 1 atom stereocenters. The van der Waals surface area contributed by atoms with E-state index in [0.29, 0.717) is 0 Å². The highest BCUT2D eigenvalue weighted by molar-refractivity contribution is 5.21. The molecule has 1 aromatic rings. The zero-order valence-corrected chi connectivity index (χ0v) is 7.66. The van der Waals surface area contributed by atoms with E-state index in [1.54, 1.807) is 0 Å². The molecule has 1 aromatic carbocycles. The highest BCUT2D eigenvalue weighted by atomic mass is 16.3. The molecule has 0 bridgehead atoms. The maximum absolute atomic E-state index is 11.5. The van der Waals surface area contributed by atoms with Gasteiger partial charge in [-0.25, -0.2) is 0 Å². The molecule has 1 heterocycles. The number of nitrogens with one attached hydrogen (secondary N) is 1. The van der Waals surface area contributed by atoms with Crippen molar-refractivity contribution in [3.63, 3.8) is 0 Å². The van der Waals surface area contributed by atoms with E-state index in [1.807, 2.05) is 37.3 Å². The average Bonchev–Trinajstić information content (AvgIpc) is 2.50. The first-order valence-corrected chi connectivity index (χ1v) is 4.50. The van der Waals surface area contributed by atoms with Gasteiger partial charge in [-0.15, -0.1) is 0 Å². The van der Waals surface area contributed by atoms with Crippen LogP contribution in [0.2, 0.25) is 0 Å². The maximum atomic E-state index is 11.5. The Bertz CT molecular complexity index is 323. The van der Waals surface area contributed by atoms with Gasteiger partial charge in [-0.2, -0.15) is 5.43 Å². The van der Waals surface area contributed by atoms with E-state index >= 15 is 0 Å². The summed E-state index contributed by atoms with van der Waals surface area (Å²) in [4.78, 5) is 12.5. The van der Waals surface area contributed by atoms with Gasteiger partial charge in [0.25, 0.3) is 5.54 Å². The van der Waals surface area contributed by atoms with Crippen LogP contribution in [0.15, 0.2) is 30.3 Å². The van der Waals surface area contributed by atoms with Crippen molar-refractivity contribution in [1.82, 2.24) is 5.43 Å². The monoisotopic (exact) mass is 177 g/mol. The SMILES string of the molecule is CC1(c2ccccc2)CCN[N+]1=O. The predicted octanol–water partition coefficient (Wildman–Crippen LogP) is 1.59. The van der Waals surface area contributed by atoms with E-state index < -0.39 is 0 Å². The number of hydrogen-bond acceptors (Lipinski definition) is 1. The molecule has 68 valence electrons. The van der Waals surface area contributed by atoms with Crippen molar-refractivity contribution in [1.29, 1.82) is 0 Å². The van der Waals surface area contributed by atoms with Crippen LogP contribution in [0.1, 0.15) is 18.9 Å². The lowest BCUT2D eigenvalue weighted by molar-refractivity contribution is -0.660. The molecule has 0 spiro atoms. The van der Waals surface area contributed by atoms with Crippen LogP contribution in [-0.2, 0) is 5.54 Å². The zero-order chi connectivity index (χ0) is 9.31. The van der Waals surface area contributed by atoms with Gasteiger partial charge in [0.05, 0.1) is 11.5 Å². The summed E-state index contributed by atoms with van der Waals surface area (Å²) in [6, 6.07) is 9.89. The second-order valence-corrected chi connectivity index (χ2v) is 3.59. The largest absolute Gasteiger partial charge is 0.267 e. The summed E-state index contributed by atoms with van der Waals surface area (Å²) in [6.07, 6.45) is 0.862. The molecular weight excluding hydrogens is 164 g/mol. The minimum absolute atomic E-state index is 0.388. The van der Waals surface area contributed by atoms with E-state index in [0.717, 1.165) is 23.4 Å². The van der Waals surface area contributed by atoms with Gasteiger partial charge in [-0.1, -0.05) is 30.3 Å². The Morgan fingerprint density at radius 2 is 2.08 bits per heavy atom. The van der Waals surface area contributed by atoms with Gasteiger partial charge in [-0.3, -0.25) is 0 Å². The number of hydrazine groups is 1. The van der Waals surface area contributed by atoms with Crippen LogP contribution in [0.4, 0.5) is 0 Å². The van der Waals surface area contributed by atoms with Crippen LogP contribution in [0, 0.1) is 4.91 Å². The molecule has 1 fully saturated rings. The van der Waals surface area contributed by atoms with Gasteiger partial charge < -0.3 is 0 Å². The first-order chi connectivity index (χ1) is 6.23. The fourth-order valence-corrected chi connectivity index (χ4v) is 1.74. The molecule has 1 saturated heterocycles. The highest BCUT2D eigenvalue weighted by Crippen LogP contribution is 2.30. The molecule has 2 rings (SSSR count). The van der Waals surface area contributed by atoms with Crippen LogP contribution in [-0.4, -0.2) is 11.4 Å². The fourth-order valence-electron chi connectivity index (χ4n) is 1.74. The molecule has 0 radical (unpaired) electrons. The summed E-state index contributed by atoms with van der Waals surface area (Å²) in [5.74, 6) is 0. The van der Waals surface area contributed by atoms with Gasteiger partial charge in [0.15, 0.2) is 0 Å². The van der Waals surface area contributed by atoms with E-state index in [2.05, 4.69) is 5.43 Å². The molecule has 0 aliphatic carbocycles. The van der Waals surface area contributed by atoms with Crippen LogP contribution >= 0.6 is 0 Å². The van der Waals surface area contributed by atoms with Gasteiger partial charge in [0.2, 0.25) is 0 Å². The van der Waals surface area contributed by atoms with Crippen molar-refractivity contribution in [2.24, 2.45) is 0 Å². The topological polar surface area (TPSA) is 32.1 Å². The Morgan fingerprint density at radius 3 is 2.62 bits per heavy atom. The van der Waals surface area contributed by atoms with E-state index in [9.17, 15) is 4.91 Å². The van der Waals surface area contributed by atoms with Crippen molar-refractivity contribution < 1.29 is 4.87 Å². The smallest absolute Gasteiger partial charge is 0.152 e. The summed E-state index contributed by atoms with van der Waals surface area (Å²) >= 11 is 0. The minimum Gasteiger partial charge on any atom is -0.152 e. The van der Waals surface area contributed by atoms with Crippen molar-refractivity contribution in [2.45, 2.75) is 18.9 Å². The molecule has 1 unspecified atom stereocenters. The van der Waals surface area contributed by atoms with E-state index in [-0.39, 0.29) is 5.54 Å². The van der Waals surface area contributed by atoms with Crippen LogP contribution in [0.5, 0.6) is 0 Å². The number of hydrogen-bond donors (Lipinski definition) is 1. The molecule has 0 amide bonds. The first-order valence-electron chi connectivity index (χ1n) is 4.50. The Morgan fingerprint density at radius 1 is 1.38 bits per heavy atom. The van der Waals surface area contributed by atoms with Crippen molar-refractivity contribution in [3.05, 3.63) is 40.8 Å². The summed E-state index contributed by atoms with van der Waals surface area (Å²) in [5.41, 5.74) is 3.48. The highest BCUT2D eigenvalue weighted by Gasteiger charge is 2.47. The summed E-state index contributed by atoms with van der Waals surface area (Å²) < 4.78 is 0. The summed E-state index contributed by atoms with van der Waals surface area (Å²) in [6.45, 7) is 2.73. The van der Waals surface area contributed by atoms with E-state index in [4.69, 9.17) is 0 Å². The Labute approximate surface area is 77.3 Å². The van der Waals surface area contributed by atoms with E-state index in [1.165, 1.54) is 0 Å². The predicted molar refractivity (Wildman–Crippen MR) is 50.0 cm³/mol. The second kappa shape index (κ2) is 2.83. The summed E-state index contributed by atoms with van der Waals surface area (Å²) in [5, 5.41) is 0. The number of nitroso groups, excluding NO2 is 1. The maximum Gasteiger partial charge on any atom is 0.267 e. The second-order valence-electron chi connectivity index (χ2n) is 3.59. The third kappa shape index (κ3) is 1.20. The molecular formula is C10H13N2O+. The molecule has 0 saturated carbocycles. The molecule has 13 heavy (non-hydrogen) atoms. The molecule has 0 aromatic heterocycles. The number of rotatable bonds is 1. The standard InChI is InChI=1S/C10H13N2O/c1-10(7-8-11-12(10)13)9-5-3-2-4-6-9/h2-6H,7-8H2,1H3,(H,11,13)/q+1. The van der Waals surface area contributed by atoms with Gasteiger partial charge >= 0.3 is 0 Å². The molecule has 1 N–H and O–H groups in total. The third-order valence-corrected chi connectivity index (χ3v) is 2.71. The zero-order valence-electron chi connectivity index (χ0n) is 7.66. The van der Waals surface area contributed by atoms with Crippen molar-refractivity contribution in [3.8, 4) is 0 Å². The average molecular weight is 177 g/mol. The molecule has 3 heteroatoms. The Balaban J connectivity index is 2.40. The quantitative estimate of drug-likeness (QED) is 0.660. The van der Waals surface area contributed by atoms with Gasteiger partial charge in [0, 0.05) is 18.9 Å². The van der Waals surface area contributed by atoms with Gasteiger partial charge in [0.1, 0.15) is 4.87 Å². The Hall–Kier alpha value is -1.38. The molecule has 1 aliphatic rings. The lowest BCUT2D eigenvalue weighted by Gasteiger charge is -2.11. The van der Waals surface area contributed by atoms with Crippen LogP contribution in [0.25, 0.3) is 0 Å². The van der Waals surface area contributed by atoms with Crippen LogP contribution in [0.3, 0.4) is 0 Å². The molecule has 1 aliphatic heterocycles. The lowest BCUT2D eigenvalue weighted by atomic mass is 9.91. The van der Waals surface area contributed by atoms with Crippen molar-refractivity contribution in [2.75, 3.05) is 6.54 Å². The minimum atomic E-state index is -0.388.